The van der Waals surface area contributed by atoms with E-state index in [1.54, 1.807) is 0 Å². The molecule has 1 nitrogen and oxygen atoms in total. The largest absolute Gasteiger partial charge is 0.483 e. The third-order valence-corrected chi connectivity index (χ3v) is 3.18. The molecule has 1 heteroatoms. The Hall–Kier alpha value is -2.02. The van der Waals surface area contributed by atoms with Crippen molar-refractivity contribution in [3.8, 4) is 16.9 Å². The van der Waals surface area contributed by atoms with Gasteiger partial charge in [0.25, 0.3) is 0 Å². The summed E-state index contributed by atoms with van der Waals surface area (Å²) in [6, 6.07) is 16.6. The molecule has 0 amide bonds. The van der Waals surface area contributed by atoms with Crippen molar-refractivity contribution in [2.45, 2.75) is 19.4 Å². The highest BCUT2D eigenvalue weighted by Gasteiger charge is 2.22. The first-order valence-electron chi connectivity index (χ1n) is 6.22. The summed E-state index contributed by atoms with van der Waals surface area (Å²) in [5, 5.41) is 0. The summed E-state index contributed by atoms with van der Waals surface area (Å²) >= 11 is 0. The maximum absolute atomic E-state index is 5.99. The van der Waals surface area contributed by atoms with Crippen molar-refractivity contribution in [2.24, 2.45) is 0 Å². The van der Waals surface area contributed by atoms with Gasteiger partial charge in [-0.1, -0.05) is 48.5 Å². The zero-order valence-electron chi connectivity index (χ0n) is 10.7. The Morgan fingerprint density at radius 3 is 2.44 bits per heavy atom. The molecule has 2 aromatic carbocycles. The van der Waals surface area contributed by atoms with Gasteiger partial charge in [-0.2, -0.15) is 0 Å². The molecule has 0 bridgehead atoms. The summed E-state index contributed by atoms with van der Waals surface area (Å²) in [5.74, 6) is 0.962. The molecular weight excluding hydrogens is 220 g/mol. The van der Waals surface area contributed by atoms with Crippen LogP contribution in [0.3, 0.4) is 0 Å². The second-order valence-electron chi connectivity index (χ2n) is 5.12. The average molecular weight is 236 g/mol. The Labute approximate surface area is 108 Å². The van der Waals surface area contributed by atoms with Gasteiger partial charge in [-0.05, 0) is 37.1 Å². The van der Waals surface area contributed by atoms with Crippen LogP contribution in [0, 0.1) is 0 Å². The molecular formula is C17H16O. The van der Waals surface area contributed by atoms with Gasteiger partial charge >= 0.3 is 0 Å². The molecule has 0 unspecified atom stereocenters. The van der Waals surface area contributed by atoms with Crippen LogP contribution in [0.15, 0.2) is 54.6 Å². The lowest BCUT2D eigenvalue weighted by Gasteiger charge is -2.28. The van der Waals surface area contributed by atoms with E-state index in [0.717, 1.165) is 5.75 Å². The van der Waals surface area contributed by atoms with Crippen LogP contribution in [0.2, 0.25) is 0 Å². The quantitative estimate of drug-likeness (QED) is 0.706. The van der Waals surface area contributed by atoms with Gasteiger partial charge < -0.3 is 4.74 Å². The second kappa shape index (κ2) is 4.02. The first-order valence-corrected chi connectivity index (χ1v) is 6.22. The van der Waals surface area contributed by atoms with Gasteiger partial charge in [0.05, 0.1) is 0 Å². The molecule has 2 aromatic rings. The molecule has 18 heavy (non-hydrogen) atoms. The average Bonchev–Trinajstić information content (AvgIpc) is 2.37. The summed E-state index contributed by atoms with van der Waals surface area (Å²) in [7, 11) is 0. The Morgan fingerprint density at radius 1 is 0.889 bits per heavy atom. The van der Waals surface area contributed by atoms with E-state index < -0.39 is 0 Å². The fourth-order valence-electron chi connectivity index (χ4n) is 2.28. The molecule has 0 saturated carbocycles. The number of ether oxygens (including phenoxy) is 1. The minimum atomic E-state index is -0.220. The van der Waals surface area contributed by atoms with Gasteiger partial charge in [0.2, 0.25) is 0 Å². The molecule has 1 aliphatic rings. The highest BCUT2D eigenvalue weighted by molar-refractivity contribution is 5.79. The fourth-order valence-corrected chi connectivity index (χ4v) is 2.28. The predicted molar refractivity (Wildman–Crippen MR) is 75.6 cm³/mol. The molecule has 0 saturated heterocycles. The predicted octanol–water partition coefficient (Wildman–Crippen LogP) is 4.54. The zero-order valence-corrected chi connectivity index (χ0v) is 10.7. The third-order valence-electron chi connectivity index (χ3n) is 3.18. The molecule has 1 heterocycles. The lowest BCUT2D eigenvalue weighted by atomic mass is 9.95. The van der Waals surface area contributed by atoms with Crippen LogP contribution in [0.5, 0.6) is 5.75 Å². The molecule has 0 aliphatic carbocycles. The maximum Gasteiger partial charge on any atom is 0.128 e. The lowest BCUT2D eigenvalue weighted by Crippen LogP contribution is -2.27. The second-order valence-corrected chi connectivity index (χ2v) is 5.12. The van der Waals surface area contributed by atoms with E-state index in [2.05, 4.69) is 62.4 Å². The smallest absolute Gasteiger partial charge is 0.128 e. The first kappa shape index (κ1) is 11.1. The van der Waals surface area contributed by atoms with Gasteiger partial charge in [0, 0.05) is 5.56 Å². The minimum Gasteiger partial charge on any atom is -0.483 e. The van der Waals surface area contributed by atoms with Gasteiger partial charge in [-0.15, -0.1) is 0 Å². The summed E-state index contributed by atoms with van der Waals surface area (Å²) in [5.41, 5.74) is 3.40. The Balaban J connectivity index is 2.15. The van der Waals surface area contributed by atoms with Crippen LogP contribution in [-0.4, -0.2) is 5.60 Å². The van der Waals surface area contributed by atoms with E-state index in [1.165, 1.54) is 16.7 Å². The number of fused-ring (bicyclic) bond motifs is 1. The monoisotopic (exact) mass is 236 g/mol. The van der Waals surface area contributed by atoms with Gasteiger partial charge in [0.15, 0.2) is 0 Å². The van der Waals surface area contributed by atoms with Crippen molar-refractivity contribution in [1.29, 1.82) is 0 Å². The lowest BCUT2D eigenvalue weighted by molar-refractivity contribution is 0.159. The number of rotatable bonds is 1. The van der Waals surface area contributed by atoms with Crippen LogP contribution in [0.25, 0.3) is 17.2 Å². The molecule has 90 valence electrons. The van der Waals surface area contributed by atoms with E-state index in [0.29, 0.717) is 0 Å². The molecule has 3 rings (SSSR count). The summed E-state index contributed by atoms with van der Waals surface area (Å²) in [4.78, 5) is 0. The van der Waals surface area contributed by atoms with Crippen molar-refractivity contribution in [2.75, 3.05) is 0 Å². The SMILES string of the molecule is CC1(C)C=Cc2c(cccc2-c2ccccc2)O1. The highest BCUT2D eigenvalue weighted by Crippen LogP contribution is 2.37. The van der Waals surface area contributed by atoms with Crippen molar-refractivity contribution in [3.05, 3.63) is 60.2 Å². The third kappa shape index (κ3) is 1.92. The molecule has 0 spiro atoms. The van der Waals surface area contributed by atoms with E-state index in [1.807, 2.05) is 12.1 Å². The minimum absolute atomic E-state index is 0.220. The van der Waals surface area contributed by atoms with E-state index in [4.69, 9.17) is 4.74 Å². The normalized spacial score (nSPS) is 15.9. The topological polar surface area (TPSA) is 9.23 Å². The van der Waals surface area contributed by atoms with Crippen molar-refractivity contribution in [3.63, 3.8) is 0 Å². The van der Waals surface area contributed by atoms with Gasteiger partial charge in [0.1, 0.15) is 11.4 Å². The molecule has 0 aromatic heterocycles. The molecule has 0 radical (unpaired) electrons. The van der Waals surface area contributed by atoms with Crippen LogP contribution in [-0.2, 0) is 0 Å². The molecule has 0 fully saturated rings. The van der Waals surface area contributed by atoms with Crippen LogP contribution >= 0.6 is 0 Å². The van der Waals surface area contributed by atoms with E-state index >= 15 is 0 Å². The highest BCUT2D eigenvalue weighted by atomic mass is 16.5. The Bertz CT molecular complexity index is 594. The first-order chi connectivity index (χ1) is 8.66. The number of hydrogen-bond acceptors (Lipinski definition) is 1. The van der Waals surface area contributed by atoms with Gasteiger partial charge in [-0.25, -0.2) is 0 Å². The van der Waals surface area contributed by atoms with Crippen molar-refractivity contribution >= 4 is 6.08 Å². The van der Waals surface area contributed by atoms with Crippen molar-refractivity contribution < 1.29 is 4.74 Å². The van der Waals surface area contributed by atoms with E-state index in [9.17, 15) is 0 Å². The number of hydrogen-bond donors (Lipinski definition) is 0. The number of benzene rings is 2. The van der Waals surface area contributed by atoms with Gasteiger partial charge in [-0.3, -0.25) is 0 Å². The van der Waals surface area contributed by atoms with Crippen LogP contribution < -0.4 is 4.74 Å². The Kier molecular flexibility index (Phi) is 2.48. The van der Waals surface area contributed by atoms with Crippen LogP contribution in [0.1, 0.15) is 19.4 Å². The standard InChI is InChI=1S/C17H16O/c1-17(2)12-11-15-14(9-6-10-16(15)18-17)13-7-4-3-5-8-13/h3-12H,1-2H3. The maximum atomic E-state index is 5.99. The summed E-state index contributed by atoms with van der Waals surface area (Å²) < 4.78 is 5.99. The summed E-state index contributed by atoms with van der Waals surface area (Å²) in [6.07, 6.45) is 4.28. The summed E-state index contributed by atoms with van der Waals surface area (Å²) in [6.45, 7) is 4.14. The Morgan fingerprint density at radius 2 is 1.67 bits per heavy atom. The molecule has 1 aliphatic heterocycles. The molecule has 0 N–H and O–H groups in total. The fraction of sp³-hybridized carbons (Fsp3) is 0.176. The van der Waals surface area contributed by atoms with E-state index in [-0.39, 0.29) is 5.60 Å². The molecule has 0 atom stereocenters. The van der Waals surface area contributed by atoms with Crippen molar-refractivity contribution in [1.82, 2.24) is 0 Å². The zero-order chi connectivity index (χ0) is 12.6. The van der Waals surface area contributed by atoms with Crippen LogP contribution in [0.4, 0.5) is 0 Å².